The zero-order valence-corrected chi connectivity index (χ0v) is 22.5. The fraction of sp³-hybridized carbons (Fsp3) is 0.419. The first kappa shape index (κ1) is 26.5. The van der Waals surface area contributed by atoms with Crippen molar-refractivity contribution in [1.82, 2.24) is 14.8 Å². The molecule has 0 saturated carbocycles. The van der Waals surface area contributed by atoms with Gasteiger partial charge in [-0.1, -0.05) is 70.7 Å². The lowest BCUT2D eigenvalue weighted by Crippen LogP contribution is -2.37. The van der Waals surface area contributed by atoms with Crippen molar-refractivity contribution in [2.45, 2.75) is 66.2 Å². The number of nitrogens with zero attached hydrogens (tertiary/aromatic N) is 4. The van der Waals surface area contributed by atoms with E-state index in [1.165, 1.54) is 16.7 Å². The van der Waals surface area contributed by atoms with Gasteiger partial charge in [-0.05, 0) is 61.8 Å². The Labute approximate surface area is 212 Å². The molecule has 2 atom stereocenters. The lowest BCUT2D eigenvalue weighted by molar-refractivity contribution is 0.290. The molecule has 3 rings (SSSR count). The van der Waals surface area contributed by atoms with Crippen molar-refractivity contribution in [3.8, 4) is 0 Å². The normalized spacial score (nSPS) is 16.4. The molecule has 2 aromatic rings. The minimum Gasteiger partial charge on any atom is -0.328 e. The summed E-state index contributed by atoms with van der Waals surface area (Å²) < 4.78 is 0. The molecule has 1 aliphatic rings. The third-order valence-electron chi connectivity index (χ3n) is 7.09. The summed E-state index contributed by atoms with van der Waals surface area (Å²) in [6.07, 6.45) is 8.26. The maximum absolute atomic E-state index is 5.07. The fourth-order valence-corrected chi connectivity index (χ4v) is 4.57. The largest absolute Gasteiger partial charge is 0.328 e. The molecule has 0 radical (unpaired) electrons. The minimum absolute atomic E-state index is 0.164. The van der Waals surface area contributed by atoms with Crippen LogP contribution in [0.15, 0.2) is 83.7 Å². The summed E-state index contributed by atoms with van der Waals surface area (Å²) in [7, 11) is 2.05. The molecule has 2 heterocycles. The van der Waals surface area contributed by atoms with Crippen molar-refractivity contribution in [1.29, 1.82) is 0 Å². The molecule has 0 fully saturated rings. The Balaban J connectivity index is 1.93. The van der Waals surface area contributed by atoms with Crippen LogP contribution < -0.4 is 0 Å². The number of aryl methyl sites for hydroxylation is 2. The highest BCUT2D eigenvalue weighted by Gasteiger charge is 2.27. The van der Waals surface area contributed by atoms with Crippen LogP contribution in [0.2, 0.25) is 0 Å². The Morgan fingerprint density at radius 1 is 1.06 bits per heavy atom. The minimum atomic E-state index is 0.164. The summed E-state index contributed by atoms with van der Waals surface area (Å²) in [5.74, 6) is 2.35. The van der Waals surface area contributed by atoms with Crippen LogP contribution in [0.25, 0.3) is 0 Å². The van der Waals surface area contributed by atoms with Crippen molar-refractivity contribution in [2.75, 3.05) is 13.6 Å². The Hall–Kier alpha value is -3.14. The van der Waals surface area contributed by atoms with Crippen LogP contribution in [0.5, 0.6) is 0 Å². The van der Waals surface area contributed by atoms with E-state index in [4.69, 9.17) is 4.99 Å². The average molecular weight is 471 g/mol. The van der Waals surface area contributed by atoms with Crippen LogP contribution in [-0.4, -0.2) is 34.6 Å². The van der Waals surface area contributed by atoms with Gasteiger partial charge in [-0.3, -0.25) is 4.98 Å². The van der Waals surface area contributed by atoms with Crippen LogP contribution in [0.3, 0.4) is 0 Å². The number of rotatable bonds is 10. The number of hydrogen-bond donors (Lipinski definition) is 0. The molecule has 0 saturated heterocycles. The molecule has 186 valence electrons. The number of aliphatic imine (C=N–C) groups is 1. The van der Waals surface area contributed by atoms with Gasteiger partial charge >= 0.3 is 0 Å². The van der Waals surface area contributed by atoms with E-state index in [1.807, 2.05) is 6.20 Å². The lowest BCUT2D eigenvalue weighted by atomic mass is 9.84. The Bertz CT molecular complexity index is 1080. The van der Waals surface area contributed by atoms with Gasteiger partial charge in [0.05, 0.1) is 0 Å². The number of benzene rings is 1. The molecule has 0 amide bonds. The fourth-order valence-electron chi connectivity index (χ4n) is 4.57. The second-order valence-electron chi connectivity index (χ2n) is 9.78. The Morgan fingerprint density at radius 3 is 2.37 bits per heavy atom. The molecule has 1 aromatic carbocycles. The standard InChI is InChI=1S/C31H42N4/c1-9-11-18-35-25(6)24(5)31(34(8)26(35)7)33-21-30(28-15-13-27(10-2)14-16-28)23(4)19-29-17-12-22(3)20-32-29/h12-17,20-21,23,30H,6-7,9-11,18-19H2,1-5,8H3/b33-21+. The molecule has 35 heavy (non-hydrogen) atoms. The van der Waals surface area contributed by atoms with Gasteiger partial charge in [0, 0.05) is 48.9 Å². The molecular weight excluding hydrogens is 428 g/mol. The third kappa shape index (κ3) is 6.30. The predicted octanol–water partition coefficient (Wildman–Crippen LogP) is 7.25. The SMILES string of the molecule is C=C1C(C)=C(/N=C/C(c2ccc(CC)cc2)C(C)Cc2ccc(C)cn2)N(C)C(=C)N1CCCC. The van der Waals surface area contributed by atoms with E-state index in [2.05, 4.69) is 112 Å². The van der Waals surface area contributed by atoms with E-state index in [-0.39, 0.29) is 5.92 Å². The maximum atomic E-state index is 5.07. The van der Waals surface area contributed by atoms with E-state index >= 15 is 0 Å². The highest BCUT2D eigenvalue weighted by molar-refractivity contribution is 5.70. The molecule has 4 nitrogen and oxygen atoms in total. The van der Waals surface area contributed by atoms with E-state index in [0.717, 1.165) is 60.8 Å². The average Bonchev–Trinajstić information content (AvgIpc) is 2.86. The van der Waals surface area contributed by atoms with Gasteiger partial charge in [0.15, 0.2) is 0 Å². The maximum Gasteiger partial charge on any atom is 0.138 e. The summed E-state index contributed by atoms with van der Waals surface area (Å²) in [6.45, 7) is 20.5. The number of allylic oxidation sites excluding steroid dienone is 1. The molecule has 4 heteroatoms. The summed E-state index contributed by atoms with van der Waals surface area (Å²) in [5.41, 5.74) is 7.03. The van der Waals surface area contributed by atoms with Gasteiger partial charge < -0.3 is 9.80 Å². The molecule has 2 unspecified atom stereocenters. The van der Waals surface area contributed by atoms with Crippen molar-refractivity contribution in [3.63, 3.8) is 0 Å². The van der Waals surface area contributed by atoms with Gasteiger partial charge in [-0.25, -0.2) is 4.99 Å². The second kappa shape index (κ2) is 12.0. The van der Waals surface area contributed by atoms with Crippen LogP contribution in [0, 0.1) is 12.8 Å². The Morgan fingerprint density at radius 2 is 1.77 bits per heavy atom. The van der Waals surface area contributed by atoms with Crippen molar-refractivity contribution in [3.05, 3.63) is 101 Å². The van der Waals surface area contributed by atoms with E-state index in [1.54, 1.807) is 0 Å². The first-order valence-corrected chi connectivity index (χ1v) is 12.9. The van der Waals surface area contributed by atoms with Gasteiger partial charge in [0.2, 0.25) is 0 Å². The number of aromatic nitrogens is 1. The van der Waals surface area contributed by atoms with Gasteiger partial charge in [0.25, 0.3) is 0 Å². The molecule has 0 aliphatic carbocycles. The van der Waals surface area contributed by atoms with Crippen molar-refractivity contribution < 1.29 is 0 Å². The van der Waals surface area contributed by atoms with Crippen LogP contribution in [-0.2, 0) is 12.8 Å². The zero-order valence-electron chi connectivity index (χ0n) is 22.5. The van der Waals surface area contributed by atoms with E-state index in [0.29, 0.717) is 5.92 Å². The van der Waals surface area contributed by atoms with E-state index in [9.17, 15) is 0 Å². The molecule has 0 bridgehead atoms. The molecule has 1 aromatic heterocycles. The van der Waals surface area contributed by atoms with Crippen LogP contribution in [0.4, 0.5) is 0 Å². The van der Waals surface area contributed by atoms with Gasteiger partial charge in [-0.15, -0.1) is 0 Å². The summed E-state index contributed by atoms with van der Waals surface area (Å²) in [6, 6.07) is 13.3. The lowest BCUT2D eigenvalue weighted by Gasteiger charge is -2.40. The molecular formula is C31H42N4. The van der Waals surface area contributed by atoms with Gasteiger partial charge in [0.1, 0.15) is 11.6 Å². The number of hydrogen-bond acceptors (Lipinski definition) is 4. The number of unbranched alkanes of at least 4 members (excludes halogenated alkanes) is 1. The summed E-state index contributed by atoms with van der Waals surface area (Å²) >= 11 is 0. The second-order valence-corrected chi connectivity index (χ2v) is 9.78. The highest BCUT2D eigenvalue weighted by Crippen LogP contribution is 2.33. The van der Waals surface area contributed by atoms with Gasteiger partial charge in [-0.2, -0.15) is 0 Å². The predicted molar refractivity (Wildman–Crippen MR) is 149 cm³/mol. The van der Waals surface area contributed by atoms with Crippen molar-refractivity contribution >= 4 is 6.21 Å². The molecule has 1 aliphatic heterocycles. The quantitative estimate of drug-likeness (QED) is 0.343. The highest BCUT2D eigenvalue weighted by atomic mass is 15.4. The number of pyridine rings is 1. The third-order valence-corrected chi connectivity index (χ3v) is 7.09. The smallest absolute Gasteiger partial charge is 0.138 e. The summed E-state index contributed by atoms with van der Waals surface area (Å²) in [4.78, 5) is 14.0. The first-order valence-electron chi connectivity index (χ1n) is 12.9. The summed E-state index contributed by atoms with van der Waals surface area (Å²) in [5, 5.41) is 0. The molecule has 0 N–H and O–H groups in total. The van der Waals surface area contributed by atoms with Crippen molar-refractivity contribution in [2.24, 2.45) is 10.9 Å². The monoisotopic (exact) mass is 470 g/mol. The zero-order chi connectivity index (χ0) is 25.5. The van der Waals surface area contributed by atoms with E-state index < -0.39 is 0 Å². The Kier molecular flexibility index (Phi) is 9.08. The van der Waals surface area contributed by atoms with Crippen LogP contribution in [0.1, 0.15) is 68.8 Å². The molecule has 0 spiro atoms. The topological polar surface area (TPSA) is 31.7 Å². The van der Waals surface area contributed by atoms with Crippen LogP contribution >= 0.6 is 0 Å². The first-order chi connectivity index (χ1) is 16.8.